The molecular weight excluding hydrogens is 264 g/mol. The summed E-state index contributed by atoms with van der Waals surface area (Å²) in [5.74, 6) is -0.0136. The molecule has 102 valence electrons. The fraction of sp³-hybridized carbons (Fsp3) is 0.250. The summed E-state index contributed by atoms with van der Waals surface area (Å²) < 4.78 is 28.6. The summed E-state index contributed by atoms with van der Waals surface area (Å²) in [6.45, 7) is 3.78. The fourth-order valence-corrected chi connectivity index (χ4v) is 3.18. The number of imidazole rings is 1. The smallest absolute Gasteiger partial charge is 0.281 e. The largest absolute Gasteiger partial charge is 0.381 e. The number of nitrogens with one attached hydrogen (secondary N) is 1. The molecule has 2 aromatic rings. The maximum atomic E-state index is 12.3. The molecule has 0 aliphatic rings. The Kier molecular flexibility index (Phi) is 3.23. The third kappa shape index (κ3) is 2.41. The van der Waals surface area contributed by atoms with Crippen LogP contribution in [-0.4, -0.2) is 18.0 Å². The highest BCUT2D eigenvalue weighted by Crippen LogP contribution is 2.23. The number of benzene rings is 1. The zero-order valence-electron chi connectivity index (χ0n) is 11.0. The Balaban J connectivity index is 2.46. The first-order valence-electron chi connectivity index (χ1n) is 5.69. The van der Waals surface area contributed by atoms with Crippen molar-refractivity contribution in [2.45, 2.75) is 18.9 Å². The molecule has 0 spiro atoms. The van der Waals surface area contributed by atoms with E-state index in [0.717, 1.165) is 11.1 Å². The molecule has 0 bridgehead atoms. The number of hydrogen-bond acceptors (Lipinski definition) is 4. The van der Waals surface area contributed by atoms with E-state index in [1.807, 2.05) is 19.9 Å². The normalized spacial score (nSPS) is 11.5. The van der Waals surface area contributed by atoms with Crippen LogP contribution in [0.3, 0.4) is 0 Å². The molecule has 0 fully saturated rings. The predicted molar refractivity (Wildman–Crippen MR) is 74.3 cm³/mol. The van der Waals surface area contributed by atoms with E-state index in [-0.39, 0.29) is 10.8 Å². The van der Waals surface area contributed by atoms with Crippen molar-refractivity contribution in [2.75, 3.05) is 10.5 Å². The molecule has 1 aromatic carbocycles. The Morgan fingerprint density at radius 2 is 2.00 bits per heavy atom. The highest BCUT2D eigenvalue weighted by atomic mass is 32.2. The van der Waals surface area contributed by atoms with Gasteiger partial charge in [0.2, 0.25) is 0 Å². The van der Waals surface area contributed by atoms with Crippen LogP contribution in [0.4, 0.5) is 11.5 Å². The van der Waals surface area contributed by atoms with E-state index in [1.165, 1.54) is 10.9 Å². The second-order valence-corrected chi connectivity index (χ2v) is 6.00. The Morgan fingerprint density at radius 1 is 1.32 bits per heavy atom. The number of aryl methyl sites for hydroxylation is 2. The molecule has 0 saturated carbocycles. The topological polar surface area (TPSA) is 90.0 Å². The molecule has 0 unspecified atom stereocenters. The van der Waals surface area contributed by atoms with Crippen LogP contribution in [0.1, 0.15) is 11.1 Å². The summed E-state index contributed by atoms with van der Waals surface area (Å²) in [6, 6.07) is 5.44. The van der Waals surface area contributed by atoms with Crippen molar-refractivity contribution in [3.8, 4) is 0 Å². The number of hydrogen-bond donors (Lipinski definition) is 2. The van der Waals surface area contributed by atoms with Gasteiger partial charge in [0.05, 0.1) is 12.0 Å². The number of nitrogens with two attached hydrogens (primary N) is 1. The SMILES string of the molecule is Cc1cccc(NS(=O)(=O)c2c(N)ncn2C)c1C. The van der Waals surface area contributed by atoms with Gasteiger partial charge in [-0.25, -0.2) is 4.98 Å². The molecule has 0 amide bonds. The molecule has 0 aliphatic carbocycles. The van der Waals surface area contributed by atoms with Gasteiger partial charge in [-0.05, 0) is 31.0 Å². The summed E-state index contributed by atoms with van der Waals surface area (Å²) in [6.07, 6.45) is 1.37. The number of rotatable bonds is 3. The number of nitrogens with zero attached hydrogens (tertiary/aromatic N) is 2. The quantitative estimate of drug-likeness (QED) is 0.889. The first kappa shape index (κ1) is 13.4. The molecule has 3 N–H and O–H groups in total. The third-order valence-electron chi connectivity index (χ3n) is 3.01. The molecule has 6 nitrogen and oxygen atoms in total. The standard InChI is InChI=1S/C12H16N4O2S/c1-8-5-4-6-10(9(8)2)15-19(17,18)12-11(13)14-7-16(12)3/h4-7,15H,13H2,1-3H3. The van der Waals surface area contributed by atoms with Gasteiger partial charge in [0, 0.05) is 7.05 Å². The Morgan fingerprint density at radius 3 is 2.58 bits per heavy atom. The number of aromatic nitrogens is 2. The van der Waals surface area contributed by atoms with E-state index in [9.17, 15) is 8.42 Å². The van der Waals surface area contributed by atoms with E-state index in [0.29, 0.717) is 5.69 Å². The average Bonchev–Trinajstić information content (AvgIpc) is 2.65. The third-order valence-corrected chi connectivity index (χ3v) is 4.51. The average molecular weight is 280 g/mol. The minimum absolute atomic E-state index is 0.0136. The fourth-order valence-electron chi connectivity index (χ4n) is 1.82. The molecule has 1 heterocycles. The van der Waals surface area contributed by atoms with Crippen LogP contribution in [-0.2, 0) is 17.1 Å². The Bertz CT molecular complexity index is 700. The number of nitrogen functional groups attached to an aromatic ring is 1. The van der Waals surface area contributed by atoms with Crippen LogP contribution in [0.5, 0.6) is 0 Å². The van der Waals surface area contributed by atoms with Crippen LogP contribution < -0.4 is 10.5 Å². The van der Waals surface area contributed by atoms with Crippen molar-refractivity contribution in [3.63, 3.8) is 0 Å². The monoisotopic (exact) mass is 280 g/mol. The van der Waals surface area contributed by atoms with Gasteiger partial charge in [0.15, 0.2) is 10.8 Å². The van der Waals surface area contributed by atoms with Crippen molar-refractivity contribution in [1.82, 2.24) is 9.55 Å². The minimum atomic E-state index is -3.75. The maximum absolute atomic E-state index is 12.3. The lowest BCUT2D eigenvalue weighted by Gasteiger charge is -2.12. The van der Waals surface area contributed by atoms with Gasteiger partial charge >= 0.3 is 0 Å². The van der Waals surface area contributed by atoms with E-state index in [1.54, 1.807) is 19.2 Å². The highest BCUT2D eigenvalue weighted by Gasteiger charge is 2.23. The van der Waals surface area contributed by atoms with Gasteiger partial charge in [-0.3, -0.25) is 4.72 Å². The number of anilines is 2. The lowest BCUT2D eigenvalue weighted by Crippen LogP contribution is -2.18. The summed E-state index contributed by atoms with van der Waals surface area (Å²) in [4.78, 5) is 3.79. The second-order valence-electron chi connectivity index (χ2n) is 4.40. The zero-order chi connectivity index (χ0) is 14.2. The highest BCUT2D eigenvalue weighted by molar-refractivity contribution is 7.92. The van der Waals surface area contributed by atoms with Crippen LogP contribution in [0.25, 0.3) is 0 Å². The van der Waals surface area contributed by atoms with Crippen LogP contribution >= 0.6 is 0 Å². The van der Waals surface area contributed by atoms with E-state index < -0.39 is 10.0 Å². The molecule has 0 aliphatic heterocycles. The Hall–Kier alpha value is -2.02. The molecule has 0 radical (unpaired) electrons. The summed E-state index contributed by atoms with van der Waals surface area (Å²) in [5, 5.41) is -0.0339. The maximum Gasteiger partial charge on any atom is 0.281 e. The summed E-state index contributed by atoms with van der Waals surface area (Å²) in [7, 11) is -2.16. The van der Waals surface area contributed by atoms with Crippen molar-refractivity contribution < 1.29 is 8.42 Å². The lowest BCUT2D eigenvalue weighted by atomic mass is 10.1. The molecule has 2 rings (SSSR count). The molecule has 0 atom stereocenters. The van der Waals surface area contributed by atoms with Gasteiger partial charge < -0.3 is 10.3 Å². The second kappa shape index (κ2) is 4.58. The van der Waals surface area contributed by atoms with Crippen molar-refractivity contribution in [2.24, 2.45) is 7.05 Å². The van der Waals surface area contributed by atoms with E-state index in [4.69, 9.17) is 5.73 Å². The van der Waals surface area contributed by atoms with Gasteiger partial charge in [-0.15, -0.1) is 0 Å². The predicted octanol–water partition coefficient (Wildman–Crippen LogP) is 1.42. The molecule has 0 saturated heterocycles. The van der Waals surface area contributed by atoms with Gasteiger partial charge in [-0.2, -0.15) is 8.42 Å². The van der Waals surface area contributed by atoms with Crippen molar-refractivity contribution in [3.05, 3.63) is 35.7 Å². The molecular formula is C12H16N4O2S. The first-order chi connectivity index (χ1) is 8.83. The van der Waals surface area contributed by atoms with Crippen molar-refractivity contribution in [1.29, 1.82) is 0 Å². The zero-order valence-corrected chi connectivity index (χ0v) is 11.8. The lowest BCUT2D eigenvalue weighted by molar-refractivity contribution is 0.592. The summed E-state index contributed by atoms with van der Waals surface area (Å²) in [5.41, 5.74) is 8.03. The van der Waals surface area contributed by atoms with Crippen LogP contribution in [0, 0.1) is 13.8 Å². The van der Waals surface area contributed by atoms with E-state index >= 15 is 0 Å². The van der Waals surface area contributed by atoms with Gasteiger partial charge in [0.25, 0.3) is 10.0 Å². The molecule has 7 heteroatoms. The summed E-state index contributed by atoms with van der Waals surface area (Å²) >= 11 is 0. The minimum Gasteiger partial charge on any atom is -0.381 e. The molecule has 19 heavy (non-hydrogen) atoms. The van der Waals surface area contributed by atoms with Crippen LogP contribution in [0.2, 0.25) is 0 Å². The van der Waals surface area contributed by atoms with E-state index in [2.05, 4.69) is 9.71 Å². The Labute approximate surface area is 112 Å². The molecule has 1 aromatic heterocycles. The van der Waals surface area contributed by atoms with Crippen molar-refractivity contribution >= 4 is 21.5 Å². The first-order valence-corrected chi connectivity index (χ1v) is 7.17. The van der Waals surface area contributed by atoms with Crippen LogP contribution in [0.15, 0.2) is 29.6 Å². The number of sulfonamides is 1. The van der Waals surface area contributed by atoms with Gasteiger partial charge in [-0.1, -0.05) is 12.1 Å². The van der Waals surface area contributed by atoms with Gasteiger partial charge in [0.1, 0.15) is 0 Å².